The maximum Gasteiger partial charge on any atom is 0.416 e. The zero-order valence-electron chi connectivity index (χ0n) is 14.9. The lowest BCUT2D eigenvalue weighted by molar-refractivity contribution is -0.137. The maximum atomic E-state index is 13.1. The number of ether oxygens (including phenoxy) is 1. The highest BCUT2D eigenvalue weighted by molar-refractivity contribution is 7.89. The van der Waals surface area contributed by atoms with Gasteiger partial charge in [-0.05, 0) is 48.7 Å². The van der Waals surface area contributed by atoms with Crippen molar-refractivity contribution in [3.63, 3.8) is 0 Å². The molecule has 0 heterocycles. The van der Waals surface area contributed by atoms with Gasteiger partial charge in [0.05, 0.1) is 23.1 Å². The van der Waals surface area contributed by atoms with Crippen LogP contribution in [0.2, 0.25) is 0 Å². The van der Waals surface area contributed by atoms with Crippen molar-refractivity contribution in [2.24, 2.45) is 0 Å². The quantitative estimate of drug-likeness (QED) is 0.675. The molecular formula is C19H18F3NO4S. The van der Waals surface area contributed by atoms with Crippen molar-refractivity contribution in [1.29, 1.82) is 0 Å². The topological polar surface area (TPSA) is 63.7 Å². The Morgan fingerprint density at radius 1 is 1.14 bits per heavy atom. The Bertz CT molecular complexity index is 967. The molecule has 0 saturated heterocycles. The summed E-state index contributed by atoms with van der Waals surface area (Å²) in [7, 11) is -2.74. The Morgan fingerprint density at radius 3 is 2.32 bits per heavy atom. The van der Waals surface area contributed by atoms with Gasteiger partial charge in [-0.3, -0.25) is 0 Å². The lowest BCUT2D eigenvalue weighted by Crippen LogP contribution is -2.32. The Kier molecular flexibility index (Phi) is 5.49. The van der Waals surface area contributed by atoms with Crippen molar-refractivity contribution in [3.05, 3.63) is 65.2 Å². The number of carbonyl (C=O) groups excluding carboxylic acids is 1. The minimum atomic E-state index is -4.45. The van der Waals surface area contributed by atoms with E-state index in [9.17, 15) is 26.4 Å². The molecule has 0 amide bonds. The van der Waals surface area contributed by atoms with Crippen molar-refractivity contribution in [2.75, 3.05) is 7.11 Å². The van der Waals surface area contributed by atoms with Gasteiger partial charge in [0.1, 0.15) is 0 Å². The van der Waals surface area contributed by atoms with Crippen molar-refractivity contribution in [1.82, 2.24) is 4.31 Å². The molecule has 0 atom stereocenters. The number of benzene rings is 2. The van der Waals surface area contributed by atoms with E-state index in [1.807, 2.05) is 0 Å². The molecule has 3 rings (SSSR count). The minimum Gasteiger partial charge on any atom is -0.465 e. The average molecular weight is 413 g/mol. The molecule has 1 aliphatic carbocycles. The molecule has 1 aliphatic rings. The van der Waals surface area contributed by atoms with Gasteiger partial charge >= 0.3 is 12.1 Å². The first-order valence-electron chi connectivity index (χ1n) is 8.49. The van der Waals surface area contributed by atoms with Crippen LogP contribution in [0.4, 0.5) is 13.2 Å². The molecule has 0 N–H and O–H groups in total. The van der Waals surface area contributed by atoms with E-state index < -0.39 is 27.7 Å². The zero-order valence-corrected chi connectivity index (χ0v) is 15.8. The summed E-state index contributed by atoms with van der Waals surface area (Å²) < 4.78 is 70.2. The summed E-state index contributed by atoms with van der Waals surface area (Å²) in [5.41, 5.74) is -0.232. The number of rotatable bonds is 6. The molecule has 2 aromatic carbocycles. The van der Waals surface area contributed by atoms with Crippen LogP contribution in [0.1, 0.15) is 34.3 Å². The second kappa shape index (κ2) is 7.56. The maximum absolute atomic E-state index is 13.1. The van der Waals surface area contributed by atoms with Crippen molar-refractivity contribution in [3.8, 4) is 0 Å². The predicted octanol–water partition coefficient (Wildman–Crippen LogP) is 3.85. The van der Waals surface area contributed by atoms with E-state index in [2.05, 4.69) is 4.74 Å². The fourth-order valence-electron chi connectivity index (χ4n) is 2.79. The first-order valence-corrected chi connectivity index (χ1v) is 9.93. The SMILES string of the molecule is COC(=O)c1cccc(S(=O)(=O)N(Cc2ccc(C(F)(F)F)cc2)C2CC2)c1. The number of sulfonamides is 1. The Hall–Kier alpha value is -2.39. The molecule has 150 valence electrons. The molecule has 0 bridgehead atoms. The number of esters is 1. The molecule has 1 fully saturated rings. The molecule has 0 aliphatic heterocycles. The van der Waals surface area contributed by atoms with Crippen LogP contribution in [0.15, 0.2) is 53.4 Å². The highest BCUT2D eigenvalue weighted by Gasteiger charge is 2.38. The Morgan fingerprint density at radius 2 is 1.79 bits per heavy atom. The van der Waals surface area contributed by atoms with E-state index in [0.29, 0.717) is 18.4 Å². The van der Waals surface area contributed by atoms with Gasteiger partial charge in [-0.15, -0.1) is 0 Å². The fourth-order valence-corrected chi connectivity index (χ4v) is 4.51. The first kappa shape index (κ1) is 20.3. The number of hydrogen-bond acceptors (Lipinski definition) is 4. The average Bonchev–Trinajstić information content (AvgIpc) is 3.50. The third-order valence-electron chi connectivity index (χ3n) is 4.44. The van der Waals surface area contributed by atoms with E-state index in [-0.39, 0.29) is 23.0 Å². The van der Waals surface area contributed by atoms with Crippen LogP contribution >= 0.6 is 0 Å². The summed E-state index contributed by atoms with van der Waals surface area (Å²) in [6.07, 6.45) is -3.10. The zero-order chi connectivity index (χ0) is 20.5. The van der Waals surface area contributed by atoms with Gasteiger partial charge in [0.15, 0.2) is 0 Å². The minimum absolute atomic E-state index is 0.0480. The summed E-state index contributed by atoms with van der Waals surface area (Å²) in [6.45, 7) is -0.0480. The summed E-state index contributed by atoms with van der Waals surface area (Å²) in [5.74, 6) is -0.655. The van der Waals surface area contributed by atoms with Gasteiger partial charge in [-0.2, -0.15) is 17.5 Å². The van der Waals surface area contributed by atoms with Gasteiger partial charge < -0.3 is 4.74 Å². The summed E-state index contributed by atoms with van der Waals surface area (Å²) in [5, 5.41) is 0. The van der Waals surface area contributed by atoms with E-state index in [1.165, 1.54) is 47.8 Å². The second-order valence-corrected chi connectivity index (χ2v) is 8.39. The van der Waals surface area contributed by atoms with Crippen LogP contribution in [0.3, 0.4) is 0 Å². The molecule has 2 aromatic rings. The number of alkyl halides is 3. The van der Waals surface area contributed by atoms with E-state index in [0.717, 1.165) is 12.1 Å². The van der Waals surface area contributed by atoms with E-state index >= 15 is 0 Å². The van der Waals surface area contributed by atoms with Gasteiger partial charge in [0, 0.05) is 12.6 Å². The highest BCUT2D eigenvalue weighted by Crippen LogP contribution is 2.34. The van der Waals surface area contributed by atoms with Crippen molar-refractivity contribution in [2.45, 2.75) is 36.5 Å². The standard InChI is InChI=1S/C19H18F3NO4S/c1-27-18(24)14-3-2-4-17(11-14)28(25,26)23(16-9-10-16)12-13-5-7-15(8-6-13)19(20,21)22/h2-8,11,16H,9-10,12H2,1H3. The molecule has 0 aromatic heterocycles. The smallest absolute Gasteiger partial charge is 0.416 e. The summed E-state index contributed by atoms with van der Waals surface area (Å²) in [6, 6.07) is 9.72. The Balaban J connectivity index is 1.89. The van der Waals surface area contributed by atoms with Crippen LogP contribution in [0.25, 0.3) is 0 Å². The lowest BCUT2D eigenvalue weighted by Gasteiger charge is -2.22. The van der Waals surface area contributed by atoms with Gasteiger partial charge in [0.25, 0.3) is 0 Å². The second-order valence-electron chi connectivity index (χ2n) is 6.50. The van der Waals surface area contributed by atoms with Gasteiger partial charge in [-0.1, -0.05) is 18.2 Å². The highest BCUT2D eigenvalue weighted by atomic mass is 32.2. The normalized spacial score (nSPS) is 14.9. The van der Waals surface area contributed by atoms with Crippen molar-refractivity contribution < 1.29 is 31.1 Å². The van der Waals surface area contributed by atoms with Crippen LogP contribution in [0.5, 0.6) is 0 Å². The molecule has 28 heavy (non-hydrogen) atoms. The third kappa shape index (κ3) is 4.36. The number of hydrogen-bond donors (Lipinski definition) is 0. The van der Waals surface area contributed by atoms with E-state index in [1.54, 1.807) is 0 Å². The molecule has 5 nitrogen and oxygen atoms in total. The predicted molar refractivity (Wildman–Crippen MR) is 95.0 cm³/mol. The van der Waals surface area contributed by atoms with Gasteiger partial charge in [-0.25, -0.2) is 13.2 Å². The Labute approximate surface area is 160 Å². The monoisotopic (exact) mass is 413 g/mol. The number of nitrogens with zero attached hydrogens (tertiary/aromatic N) is 1. The number of methoxy groups -OCH3 is 1. The number of halogens is 3. The number of carbonyl (C=O) groups is 1. The van der Waals surface area contributed by atoms with Gasteiger partial charge in [0.2, 0.25) is 10.0 Å². The van der Waals surface area contributed by atoms with Crippen LogP contribution < -0.4 is 0 Å². The largest absolute Gasteiger partial charge is 0.465 e. The first-order chi connectivity index (χ1) is 13.1. The summed E-state index contributed by atoms with van der Waals surface area (Å²) >= 11 is 0. The molecule has 1 saturated carbocycles. The molecule has 0 spiro atoms. The van der Waals surface area contributed by atoms with Crippen LogP contribution in [-0.4, -0.2) is 31.8 Å². The third-order valence-corrected chi connectivity index (χ3v) is 6.33. The van der Waals surface area contributed by atoms with E-state index in [4.69, 9.17) is 0 Å². The summed E-state index contributed by atoms with van der Waals surface area (Å²) in [4.78, 5) is 11.6. The van der Waals surface area contributed by atoms with Crippen LogP contribution in [0, 0.1) is 0 Å². The van der Waals surface area contributed by atoms with Crippen molar-refractivity contribution >= 4 is 16.0 Å². The molecular weight excluding hydrogens is 395 g/mol. The molecule has 0 unspecified atom stereocenters. The fraction of sp³-hybridized carbons (Fsp3) is 0.316. The molecule has 0 radical (unpaired) electrons. The lowest BCUT2D eigenvalue weighted by atomic mass is 10.1. The van der Waals surface area contributed by atoms with Crippen LogP contribution in [-0.2, 0) is 27.5 Å². The molecule has 9 heteroatoms.